The summed E-state index contributed by atoms with van der Waals surface area (Å²) in [6.45, 7) is 2.56. The lowest BCUT2D eigenvalue weighted by molar-refractivity contribution is -0.129. The van der Waals surface area contributed by atoms with E-state index < -0.39 is 0 Å². The number of hydrogen-bond donors (Lipinski definition) is 1. The van der Waals surface area contributed by atoms with Crippen LogP contribution in [0.5, 0.6) is 0 Å². The molecule has 0 aromatic rings. The van der Waals surface area contributed by atoms with Crippen LogP contribution in [-0.2, 0) is 14.3 Å². The van der Waals surface area contributed by atoms with Crippen LogP contribution in [0.15, 0.2) is 4.99 Å². The van der Waals surface area contributed by atoms with Gasteiger partial charge in [0.2, 0.25) is 11.8 Å². The van der Waals surface area contributed by atoms with Gasteiger partial charge in [-0.25, -0.2) is 0 Å². The van der Waals surface area contributed by atoms with Gasteiger partial charge in [-0.2, -0.15) is 0 Å². The van der Waals surface area contributed by atoms with Crippen molar-refractivity contribution in [1.29, 1.82) is 0 Å². The van der Waals surface area contributed by atoms with E-state index in [1.807, 2.05) is 0 Å². The Bertz CT molecular complexity index is 373. The molecule has 0 bridgehead atoms. The molecule has 0 saturated carbocycles. The Morgan fingerprint density at radius 1 is 1.67 bits per heavy atom. The molecule has 2 rings (SSSR count). The standard InChI is InChI=1S/C11H17N3O3S/c1-17-6-2-3-12-9(15)7-8-10(16)14-5-4-13-11(14)18-8/h8H,2-7H2,1H3,(H,12,15)/t8-/m1/s1. The van der Waals surface area contributed by atoms with Gasteiger partial charge < -0.3 is 10.1 Å². The van der Waals surface area contributed by atoms with Gasteiger partial charge in [0.1, 0.15) is 5.25 Å². The highest BCUT2D eigenvalue weighted by Gasteiger charge is 2.40. The molecule has 7 heteroatoms. The number of thioether (sulfide) groups is 1. The third kappa shape index (κ3) is 3.02. The minimum absolute atomic E-state index is 0.0169. The fraction of sp³-hybridized carbons (Fsp3) is 0.727. The summed E-state index contributed by atoms with van der Waals surface area (Å²) in [5.41, 5.74) is 0. The van der Waals surface area contributed by atoms with E-state index in [0.717, 1.165) is 11.6 Å². The zero-order valence-corrected chi connectivity index (χ0v) is 11.2. The lowest BCUT2D eigenvalue weighted by Gasteiger charge is -2.10. The molecule has 0 aromatic carbocycles. The smallest absolute Gasteiger partial charge is 0.242 e. The van der Waals surface area contributed by atoms with Crippen molar-refractivity contribution < 1.29 is 14.3 Å². The van der Waals surface area contributed by atoms with Crippen LogP contribution in [-0.4, -0.2) is 60.5 Å². The molecule has 0 radical (unpaired) electrons. The highest BCUT2D eigenvalue weighted by Crippen LogP contribution is 2.31. The number of amidine groups is 1. The predicted octanol–water partition coefficient (Wildman–Crippen LogP) is -0.157. The molecule has 2 aliphatic heterocycles. The Labute approximate surface area is 110 Å². The molecule has 2 aliphatic rings. The first-order chi connectivity index (χ1) is 8.72. The van der Waals surface area contributed by atoms with Crippen LogP contribution >= 0.6 is 11.8 Å². The van der Waals surface area contributed by atoms with Crippen molar-refractivity contribution in [1.82, 2.24) is 10.2 Å². The molecule has 18 heavy (non-hydrogen) atoms. The van der Waals surface area contributed by atoms with Crippen molar-refractivity contribution in [3.8, 4) is 0 Å². The fourth-order valence-corrected chi connectivity index (χ4v) is 3.09. The summed E-state index contributed by atoms with van der Waals surface area (Å²) in [6.07, 6.45) is 1.01. The molecular weight excluding hydrogens is 254 g/mol. The number of ether oxygens (including phenoxy) is 1. The lowest BCUT2D eigenvalue weighted by Crippen LogP contribution is -2.34. The van der Waals surface area contributed by atoms with E-state index in [1.54, 1.807) is 12.0 Å². The Hall–Kier alpha value is -1.08. The number of methoxy groups -OCH3 is 1. The molecule has 1 fully saturated rings. The first-order valence-corrected chi connectivity index (χ1v) is 6.88. The monoisotopic (exact) mass is 271 g/mol. The summed E-state index contributed by atoms with van der Waals surface area (Å²) in [4.78, 5) is 29.5. The van der Waals surface area contributed by atoms with E-state index in [9.17, 15) is 9.59 Å². The predicted molar refractivity (Wildman–Crippen MR) is 69.5 cm³/mol. The molecule has 2 amide bonds. The van der Waals surface area contributed by atoms with Gasteiger partial charge in [0.25, 0.3) is 0 Å². The van der Waals surface area contributed by atoms with E-state index in [-0.39, 0.29) is 23.5 Å². The van der Waals surface area contributed by atoms with Gasteiger partial charge >= 0.3 is 0 Å². The molecule has 6 nitrogen and oxygen atoms in total. The van der Waals surface area contributed by atoms with Gasteiger partial charge in [-0.15, -0.1) is 0 Å². The average Bonchev–Trinajstić information content (AvgIpc) is 2.90. The van der Waals surface area contributed by atoms with Gasteiger partial charge in [-0.05, 0) is 6.42 Å². The summed E-state index contributed by atoms with van der Waals surface area (Å²) in [6, 6.07) is 0. The number of aliphatic imine (C=N–C) groups is 1. The van der Waals surface area contributed by atoms with Crippen molar-refractivity contribution in [3.63, 3.8) is 0 Å². The van der Waals surface area contributed by atoms with Crippen LogP contribution in [0, 0.1) is 0 Å². The molecule has 1 N–H and O–H groups in total. The molecule has 1 atom stereocenters. The first kappa shape index (κ1) is 13.4. The van der Waals surface area contributed by atoms with E-state index >= 15 is 0 Å². The van der Waals surface area contributed by atoms with Gasteiger partial charge in [-0.3, -0.25) is 19.5 Å². The highest BCUT2D eigenvalue weighted by atomic mass is 32.2. The largest absolute Gasteiger partial charge is 0.385 e. The average molecular weight is 271 g/mol. The molecule has 0 aromatic heterocycles. The molecule has 1 saturated heterocycles. The van der Waals surface area contributed by atoms with Crippen LogP contribution < -0.4 is 5.32 Å². The van der Waals surface area contributed by atoms with E-state index in [1.165, 1.54) is 11.8 Å². The molecule has 100 valence electrons. The Morgan fingerprint density at radius 2 is 2.50 bits per heavy atom. The second kappa shape index (κ2) is 6.19. The number of fused-ring (bicyclic) bond motifs is 1. The van der Waals surface area contributed by atoms with E-state index in [2.05, 4.69) is 10.3 Å². The SMILES string of the molecule is COCCCNC(=O)C[C@H]1SC2=NCCN2C1=O. The number of hydrogen-bond acceptors (Lipinski definition) is 5. The zero-order chi connectivity index (χ0) is 13.0. The minimum Gasteiger partial charge on any atom is -0.385 e. The van der Waals surface area contributed by atoms with Crippen LogP contribution in [0.4, 0.5) is 0 Å². The van der Waals surface area contributed by atoms with E-state index in [4.69, 9.17) is 4.74 Å². The van der Waals surface area contributed by atoms with Gasteiger partial charge in [0.05, 0.1) is 6.54 Å². The van der Waals surface area contributed by atoms with Crippen LogP contribution in [0.25, 0.3) is 0 Å². The summed E-state index contributed by atoms with van der Waals surface area (Å²) in [7, 11) is 1.63. The minimum atomic E-state index is -0.300. The van der Waals surface area contributed by atoms with Crippen molar-refractivity contribution >= 4 is 28.7 Å². The number of nitrogens with zero attached hydrogens (tertiary/aromatic N) is 2. The number of carbonyl (C=O) groups is 2. The summed E-state index contributed by atoms with van der Waals surface area (Å²) in [5.74, 6) is -0.0676. The molecule has 2 heterocycles. The molecule has 0 spiro atoms. The van der Waals surface area contributed by atoms with Gasteiger partial charge in [0.15, 0.2) is 5.17 Å². The Kier molecular flexibility index (Phi) is 4.60. The fourth-order valence-electron chi connectivity index (χ4n) is 1.90. The third-order valence-electron chi connectivity index (χ3n) is 2.81. The Morgan fingerprint density at radius 3 is 3.22 bits per heavy atom. The zero-order valence-electron chi connectivity index (χ0n) is 10.3. The maximum absolute atomic E-state index is 11.9. The van der Waals surface area contributed by atoms with Crippen molar-refractivity contribution in [3.05, 3.63) is 0 Å². The second-order valence-electron chi connectivity index (χ2n) is 4.16. The van der Waals surface area contributed by atoms with Crippen molar-refractivity contribution in [2.45, 2.75) is 18.1 Å². The number of carbonyl (C=O) groups excluding carboxylic acids is 2. The van der Waals surface area contributed by atoms with Crippen molar-refractivity contribution in [2.75, 3.05) is 33.4 Å². The van der Waals surface area contributed by atoms with Gasteiger partial charge in [-0.1, -0.05) is 11.8 Å². The summed E-state index contributed by atoms with van der Waals surface area (Å²) >= 11 is 1.40. The van der Waals surface area contributed by atoms with Crippen LogP contribution in [0.2, 0.25) is 0 Å². The van der Waals surface area contributed by atoms with Crippen LogP contribution in [0.3, 0.4) is 0 Å². The quantitative estimate of drug-likeness (QED) is 0.682. The van der Waals surface area contributed by atoms with Gasteiger partial charge in [0, 0.05) is 33.2 Å². The topological polar surface area (TPSA) is 71.0 Å². The molecule has 0 unspecified atom stereocenters. The summed E-state index contributed by atoms with van der Waals surface area (Å²) in [5, 5.41) is 3.26. The first-order valence-electron chi connectivity index (χ1n) is 6.00. The number of amides is 2. The van der Waals surface area contributed by atoms with Crippen LogP contribution in [0.1, 0.15) is 12.8 Å². The highest BCUT2D eigenvalue weighted by molar-refractivity contribution is 8.15. The maximum Gasteiger partial charge on any atom is 0.242 e. The molecule has 0 aliphatic carbocycles. The van der Waals surface area contributed by atoms with Crippen molar-refractivity contribution in [2.24, 2.45) is 4.99 Å². The Balaban J connectivity index is 1.73. The van der Waals surface area contributed by atoms with E-state index in [0.29, 0.717) is 26.2 Å². The lowest BCUT2D eigenvalue weighted by atomic mass is 10.2. The maximum atomic E-state index is 11.9. The second-order valence-corrected chi connectivity index (χ2v) is 5.33. The summed E-state index contributed by atoms with van der Waals surface area (Å²) < 4.78 is 4.89. The molecular formula is C11H17N3O3S. The normalized spacial score (nSPS) is 22.1. The third-order valence-corrected chi connectivity index (χ3v) is 4.02. The number of nitrogens with one attached hydrogen (secondary N) is 1. The number of rotatable bonds is 6.